The molecule has 0 rings (SSSR count). The van der Waals surface area contributed by atoms with Crippen molar-refractivity contribution >= 4 is 16.2 Å². The van der Waals surface area contributed by atoms with E-state index in [-0.39, 0.29) is 12.1 Å². The van der Waals surface area contributed by atoms with E-state index in [1.54, 1.807) is 6.92 Å². The summed E-state index contributed by atoms with van der Waals surface area (Å²) in [5.74, 6) is -0.348. The van der Waals surface area contributed by atoms with E-state index in [0.29, 0.717) is 35.6 Å². The second-order valence-corrected chi connectivity index (χ2v) is 5.94. The summed E-state index contributed by atoms with van der Waals surface area (Å²) in [6.07, 6.45) is 1.48. The predicted octanol–water partition coefficient (Wildman–Crippen LogP) is 1.34. The van der Waals surface area contributed by atoms with Crippen LogP contribution in [0.25, 0.3) is 0 Å². The van der Waals surface area contributed by atoms with Crippen molar-refractivity contribution in [2.45, 2.75) is 52.2 Å². The fourth-order valence-corrected chi connectivity index (χ4v) is 2.70. The zero-order valence-electron chi connectivity index (χ0n) is 13.4. The van der Waals surface area contributed by atoms with E-state index in [1.165, 1.54) is 0 Å². The van der Waals surface area contributed by atoms with E-state index in [9.17, 15) is 4.79 Å². The molecule has 0 saturated carbocycles. The maximum atomic E-state index is 11.2. The summed E-state index contributed by atoms with van der Waals surface area (Å²) in [5, 5.41) is 0. The average molecular weight is 304 g/mol. The van der Waals surface area contributed by atoms with Gasteiger partial charge in [-0.1, -0.05) is 6.58 Å². The van der Waals surface area contributed by atoms with Gasteiger partial charge < -0.3 is 18.9 Å². The van der Waals surface area contributed by atoms with Gasteiger partial charge in [0.1, 0.15) is 10.2 Å². The average Bonchev–Trinajstić information content (AvgIpc) is 2.34. The number of ether oxygens (including phenoxy) is 4. The van der Waals surface area contributed by atoms with Gasteiger partial charge in [-0.15, -0.1) is 0 Å². The minimum atomic E-state index is -0.878. The third kappa shape index (κ3) is 8.47. The smallest absolute Gasteiger partial charge is 0.333 e. The highest BCUT2D eigenvalue weighted by atomic mass is 28.1. The van der Waals surface area contributed by atoms with Gasteiger partial charge in [0.05, 0.1) is 12.7 Å². The van der Waals surface area contributed by atoms with Gasteiger partial charge in [0, 0.05) is 18.8 Å². The topological polar surface area (TPSA) is 54.0 Å². The summed E-state index contributed by atoms with van der Waals surface area (Å²) >= 11 is 0. The molecule has 1 unspecified atom stereocenters. The highest BCUT2D eigenvalue weighted by Gasteiger charge is 2.27. The molecule has 5 nitrogen and oxygen atoms in total. The summed E-state index contributed by atoms with van der Waals surface area (Å²) in [4.78, 5) is 11.2. The summed E-state index contributed by atoms with van der Waals surface area (Å²) in [7, 11) is 0.626. The van der Waals surface area contributed by atoms with E-state index in [2.05, 4.69) is 6.58 Å². The normalized spacial score (nSPS) is 13.2. The van der Waals surface area contributed by atoms with Crippen molar-refractivity contribution in [2.75, 3.05) is 19.8 Å². The molecular formula is C14H28O5Si. The molecule has 20 heavy (non-hydrogen) atoms. The number of hydrogen-bond acceptors (Lipinski definition) is 5. The van der Waals surface area contributed by atoms with Crippen LogP contribution in [0.5, 0.6) is 0 Å². The minimum absolute atomic E-state index is 0.0193. The van der Waals surface area contributed by atoms with Crippen molar-refractivity contribution in [1.82, 2.24) is 0 Å². The van der Waals surface area contributed by atoms with E-state index in [0.717, 1.165) is 12.8 Å². The van der Waals surface area contributed by atoms with Crippen LogP contribution in [-0.2, 0) is 23.7 Å². The first-order valence-corrected chi connectivity index (χ1v) is 8.13. The minimum Gasteiger partial charge on any atom is -0.462 e. The molecular weight excluding hydrogens is 276 g/mol. The van der Waals surface area contributed by atoms with Crippen LogP contribution < -0.4 is 0 Å². The number of rotatable bonds is 11. The molecule has 0 aromatic carbocycles. The number of hydrogen-bond donors (Lipinski definition) is 0. The Kier molecular flexibility index (Phi) is 9.74. The Balaban J connectivity index is 3.99. The van der Waals surface area contributed by atoms with Crippen LogP contribution in [0.15, 0.2) is 12.2 Å². The lowest BCUT2D eigenvalue weighted by Gasteiger charge is -2.32. The third-order valence-corrected chi connectivity index (χ3v) is 3.38. The van der Waals surface area contributed by atoms with Gasteiger partial charge >= 0.3 is 5.97 Å². The van der Waals surface area contributed by atoms with Gasteiger partial charge in [-0.05, 0) is 40.5 Å². The Bertz CT molecular complexity index is 300. The Morgan fingerprint density at radius 3 is 2.30 bits per heavy atom. The van der Waals surface area contributed by atoms with Crippen molar-refractivity contribution in [1.29, 1.82) is 0 Å². The maximum Gasteiger partial charge on any atom is 0.333 e. The quantitative estimate of drug-likeness (QED) is 0.190. The SMILES string of the molecule is C=C(C)C(=O)OCCCC(C)OC([SiH3])(OCC)OCC. The van der Waals surface area contributed by atoms with Crippen LogP contribution in [0.2, 0.25) is 0 Å². The van der Waals surface area contributed by atoms with Crippen molar-refractivity contribution in [3.05, 3.63) is 12.2 Å². The van der Waals surface area contributed by atoms with E-state index in [1.807, 2.05) is 20.8 Å². The first-order valence-electron chi connectivity index (χ1n) is 7.13. The largest absolute Gasteiger partial charge is 0.462 e. The molecule has 0 aliphatic heterocycles. The van der Waals surface area contributed by atoms with Gasteiger partial charge in [0.15, 0.2) is 0 Å². The monoisotopic (exact) mass is 304 g/mol. The fourth-order valence-electron chi connectivity index (χ4n) is 1.72. The van der Waals surface area contributed by atoms with Crippen LogP contribution in [0.4, 0.5) is 0 Å². The third-order valence-electron chi connectivity index (χ3n) is 2.56. The van der Waals surface area contributed by atoms with Gasteiger partial charge in [0.2, 0.25) is 5.60 Å². The number of esters is 1. The highest BCUT2D eigenvalue weighted by molar-refractivity contribution is 6.12. The second-order valence-electron chi connectivity index (χ2n) is 4.72. The molecule has 0 heterocycles. The van der Waals surface area contributed by atoms with Crippen LogP contribution in [0, 0.1) is 0 Å². The van der Waals surface area contributed by atoms with Crippen molar-refractivity contribution in [3.63, 3.8) is 0 Å². The van der Waals surface area contributed by atoms with Gasteiger partial charge in [0.25, 0.3) is 0 Å². The summed E-state index contributed by atoms with van der Waals surface area (Å²) in [6.45, 7) is 12.4. The molecule has 0 amide bonds. The summed E-state index contributed by atoms with van der Waals surface area (Å²) < 4.78 is 21.9. The standard InChI is InChI=1S/C14H28O5Si/c1-6-17-14(20,18-7-2)19-12(5)9-8-10-16-13(15)11(3)4/h12H,3,6-10H2,1-2,4-5,20H3. The first-order chi connectivity index (χ1) is 9.34. The lowest BCUT2D eigenvalue weighted by Crippen LogP contribution is -2.42. The van der Waals surface area contributed by atoms with E-state index >= 15 is 0 Å². The maximum absolute atomic E-state index is 11.2. The molecule has 0 aliphatic rings. The molecule has 118 valence electrons. The zero-order chi connectivity index (χ0) is 15.6. The first kappa shape index (κ1) is 19.3. The molecule has 0 radical (unpaired) electrons. The van der Waals surface area contributed by atoms with Crippen LogP contribution in [0.1, 0.15) is 40.5 Å². The lowest BCUT2D eigenvalue weighted by molar-refractivity contribution is -0.336. The van der Waals surface area contributed by atoms with Crippen LogP contribution in [-0.4, -0.2) is 47.7 Å². The van der Waals surface area contributed by atoms with Gasteiger partial charge in [-0.3, -0.25) is 0 Å². The summed E-state index contributed by atoms with van der Waals surface area (Å²) in [5.41, 5.74) is -0.460. The van der Waals surface area contributed by atoms with Gasteiger partial charge in [-0.2, -0.15) is 0 Å². The molecule has 0 spiro atoms. The molecule has 0 fully saturated rings. The molecule has 1 atom stereocenters. The van der Waals surface area contributed by atoms with Crippen molar-refractivity contribution < 1.29 is 23.7 Å². The van der Waals surface area contributed by atoms with E-state index < -0.39 is 5.60 Å². The Morgan fingerprint density at radius 1 is 1.30 bits per heavy atom. The Morgan fingerprint density at radius 2 is 1.85 bits per heavy atom. The summed E-state index contributed by atoms with van der Waals surface area (Å²) in [6, 6.07) is 0. The van der Waals surface area contributed by atoms with Crippen molar-refractivity contribution in [2.24, 2.45) is 0 Å². The highest BCUT2D eigenvalue weighted by Crippen LogP contribution is 2.16. The Hall–Kier alpha value is -0.693. The van der Waals surface area contributed by atoms with Crippen molar-refractivity contribution in [3.8, 4) is 0 Å². The predicted molar refractivity (Wildman–Crippen MR) is 81.5 cm³/mol. The number of carbonyl (C=O) groups excluding carboxylic acids is 1. The lowest BCUT2D eigenvalue weighted by atomic mass is 10.2. The number of carbonyl (C=O) groups is 1. The molecule has 0 aliphatic carbocycles. The van der Waals surface area contributed by atoms with E-state index in [4.69, 9.17) is 18.9 Å². The zero-order valence-corrected chi connectivity index (χ0v) is 15.4. The van der Waals surface area contributed by atoms with Gasteiger partial charge in [-0.25, -0.2) is 4.79 Å². The fraction of sp³-hybridized carbons (Fsp3) is 0.786. The molecule has 0 saturated heterocycles. The van der Waals surface area contributed by atoms with Crippen LogP contribution >= 0.6 is 0 Å². The molecule has 6 heteroatoms. The second kappa shape index (κ2) is 10.1. The molecule has 0 aromatic heterocycles. The molecule has 0 aromatic rings. The van der Waals surface area contributed by atoms with Crippen LogP contribution in [0.3, 0.4) is 0 Å². The Labute approximate surface area is 125 Å². The molecule has 0 N–H and O–H groups in total. The molecule has 0 bridgehead atoms.